The van der Waals surface area contributed by atoms with E-state index in [2.05, 4.69) is 11.6 Å². The second-order valence-corrected chi connectivity index (χ2v) is 3.60. The van der Waals surface area contributed by atoms with Crippen LogP contribution in [0.25, 0.3) is 0 Å². The van der Waals surface area contributed by atoms with Gasteiger partial charge in [0, 0.05) is 6.20 Å². The van der Waals surface area contributed by atoms with Crippen LogP contribution >= 0.6 is 0 Å². The molecule has 1 rings (SSSR count). The van der Waals surface area contributed by atoms with Crippen molar-refractivity contribution in [2.45, 2.75) is 20.0 Å². The molecule has 0 atom stereocenters. The Balaban J connectivity index is 2.38. The lowest BCUT2D eigenvalue weighted by atomic mass is 10.2. The summed E-state index contributed by atoms with van der Waals surface area (Å²) in [7, 11) is 0. The highest BCUT2D eigenvalue weighted by atomic mass is 16.5. The largest absolute Gasteiger partial charge is 0.478 e. The SMILES string of the molecule is C=C(C)CCOCc1ccc(C(=O)O)cn1. The Morgan fingerprint density at radius 2 is 2.31 bits per heavy atom. The minimum Gasteiger partial charge on any atom is -0.478 e. The zero-order chi connectivity index (χ0) is 12.0. The summed E-state index contributed by atoms with van der Waals surface area (Å²) >= 11 is 0. The third-order valence-corrected chi connectivity index (χ3v) is 1.99. The average molecular weight is 221 g/mol. The summed E-state index contributed by atoms with van der Waals surface area (Å²) in [6.45, 7) is 6.72. The second kappa shape index (κ2) is 6.02. The molecule has 86 valence electrons. The predicted octanol–water partition coefficient (Wildman–Crippen LogP) is 2.26. The van der Waals surface area contributed by atoms with Crippen LogP contribution in [0.15, 0.2) is 30.5 Å². The topological polar surface area (TPSA) is 59.4 Å². The van der Waals surface area contributed by atoms with E-state index in [0.29, 0.717) is 13.2 Å². The van der Waals surface area contributed by atoms with Gasteiger partial charge in [-0.15, -0.1) is 6.58 Å². The summed E-state index contributed by atoms with van der Waals surface area (Å²) in [5.41, 5.74) is 1.99. The van der Waals surface area contributed by atoms with Crippen molar-refractivity contribution in [2.75, 3.05) is 6.61 Å². The first-order valence-electron chi connectivity index (χ1n) is 5.00. The molecule has 4 nitrogen and oxygen atoms in total. The molecule has 0 aliphatic heterocycles. The van der Waals surface area contributed by atoms with E-state index in [9.17, 15) is 4.79 Å². The number of aromatic nitrogens is 1. The maximum absolute atomic E-state index is 10.6. The quantitative estimate of drug-likeness (QED) is 0.591. The van der Waals surface area contributed by atoms with Gasteiger partial charge in [0.05, 0.1) is 24.5 Å². The van der Waals surface area contributed by atoms with E-state index in [-0.39, 0.29) is 5.56 Å². The summed E-state index contributed by atoms with van der Waals surface area (Å²) in [4.78, 5) is 14.6. The first-order chi connectivity index (χ1) is 7.59. The summed E-state index contributed by atoms with van der Waals surface area (Å²) in [6, 6.07) is 3.18. The van der Waals surface area contributed by atoms with Crippen molar-refractivity contribution in [3.05, 3.63) is 41.7 Å². The van der Waals surface area contributed by atoms with Gasteiger partial charge in [0.1, 0.15) is 0 Å². The highest BCUT2D eigenvalue weighted by molar-refractivity contribution is 5.87. The highest BCUT2D eigenvalue weighted by Crippen LogP contribution is 2.03. The molecule has 0 amide bonds. The Labute approximate surface area is 94.6 Å². The molecular weight excluding hydrogens is 206 g/mol. The normalized spacial score (nSPS) is 10.1. The molecule has 0 spiro atoms. The molecule has 0 aliphatic rings. The van der Waals surface area contributed by atoms with E-state index in [1.54, 1.807) is 6.07 Å². The first kappa shape index (κ1) is 12.4. The molecule has 1 aromatic rings. The Bertz CT molecular complexity index is 370. The van der Waals surface area contributed by atoms with Crippen LogP contribution in [-0.2, 0) is 11.3 Å². The Morgan fingerprint density at radius 1 is 1.56 bits per heavy atom. The van der Waals surface area contributed by atoms with E-state index in [4.69, 9.17) is 9.84 Å². The van der Waals surface area contributed by atoms with Crippen LogP contribution in [0.2, 0.25) is 0 Å². The van der Waals surface area contributed by atoms with Crippen molar-refractivity contribution in [1.82, 2.24) is 4.98 Å². The number of hydrogen-bond acceptors (Lipinski definition) is 3. The zero-order valence-corrected chi connectivity index (χ0v) is 9.27. The van der Waals surface area contributed by atoms with Gasteiger partial charge in [0.15, 0.2) is 0 Å². The molecule has 0 aromatic carbocycles. The van der Waals surface area contributed by atoms with Crippen molar-refractivity contribution in [3.8, 4) is 0 Å². The number of ether oxygens (including phenoxy) is 1. The smallest absolute Gasteiger partial charge is 0.337 e. The fourth-order valence-electron chi connectivity index (χ4n) is 1.06. The third kappa shape index (κ3) is 4.23. The van der Waals surface area contributed by atoms with Crippen molar-refractivity contribution >= 4 is 5.97 Å². The maximum Gasteiger partial charge on any atom is 0.337 e. The lowest BCUT2D eigenvalue weighted by Gasteiger charge is -2.03. The lowest BCUT2D eigenvalue weighted by molar-refractivity contribution is 0.0696. The molecule has 1 heterocycles. The Kier molecular flexibility index (Phi) is 4.66. The maximum atomic E-state index is 10.6. The van der Waals surface area contributed by atoms with Gasteiger partial charge in [0.2, 0.25) is 0 Å². The predicted molar refractivity (Wildman–Crippen MR) is 60.3 cm³/mol. The number of carbonyl (C=O) groups is 1. The number of pyridine rings is 1. The van der Waals surface area contributed by atoms with Crippen LogP contribution < -0.4 is 0 Å². The third-order valence-electron chi connectivity index (χ3n) is 1.99. The number of nitrogens with zero attached hydrogens (tertiary/aromatic N) is 1. The van der Waals surface area contributed by atoms with Gasteiger partial charge in [-0.05, 0) is 25.5 Å². The fourth-order valence-corrected chi connectivity index (χ4v) is 1.06. The minimum atomic E-state index is -0.970. The molecular formula is C12H15NO3. The molecule has 16 heavy (non-hydrogen) atoms. The van der Waals surface area contributed by atoms with E-state index in [0.717, 1.165) is 17.7 Å². The summed E-state index contributed by atoms with van der Waals surface area (Å²) in [5.74, 6) is -0.970. The van der Waals surface area contributed by atoms with Gasteiger partial charge in [-0.3, -0.25) is 4.98 Å². The van der Waals surface area contributed by atoms with Gasteiger partial charge < -0.3 is 9.84 Å². The van der Waals surface area contributed by atoms with Crippen LogP contribution in [0.5, 0.6) is 0 Å². The minimum absolute atomic E-state index is 0.186. The number of aromatic carboxylic acids is 1. The van der Waals surface area contributed by atoms with Gasteiger partial charge in [-0.2, -0.15) is 0 Å². The molecule has 0 fully saturated rings. The number of hydrogen-bond donors (Lipinski definition) is 1. The highest BCUT2D eigenvalue weighted by Gasteiger charge is 2.02. The number of rotatable bonds is 6. The van der Waals surface area contributed by atoms with Crippen molar-refractivity contribution < 1.29 is 14.6 Å². The lowest BCUT2D eigenvalue weighted by Crippen LogP contribution is -2.01. The monoisotopic (exact) mass is 221 g/mol. The molecule has 0 bridgehead atoms. The van der Waals surface area contributed by atoms with Crippen LogP contribution in [0.4, 0.5) is 0 Å². The molecule has 4 heteroatoms. The standard InChI is InChI=1S/C12H15NO3/c1-9(2)5-6-16-8-11-4-3-10(7-13-11)12(14)15/h3-4,7H,1,5-6,8H2,2H3,(H,14,15). The first-order valence-corrected chi connectivity index (χ1v) is 5.00. The Morgan fingerprint density at radius 3 is 2.81 bits per heavy atom. The Hall–Kier alpha value is -1.68. The van der Waals surface area contributed by atoms with Gasteiger partial charge in [0.25, 0.3) is 0 Å². The van der Waals surface area contributed by atoms with E-state index in [1.165, 1.54) is 12.3 Å². The van der Waals surface area contributed by atoms with Crippen LogP contribution in [0.1, 0.15) is 29.4 Å². The fraction of sp³-hybridized carbons (Fsp3) is 0.333. The molecule has 0 saturated carbocycles. The van der Waals surface area contributed by atoms with Crippen molar-refractivity contribution in [1.29, 1.82) is 0 Å². The molecule has 1 N–H and O–H groups in total. The van der Waals surface area contributed by atoms with Gasteiger partial charge in [-0.1, -0.05) is 5.57 Å². The van der Waals surface area contributed by atoms with Crippen LogP contribution in [-0.4, -0.2) is 22.7 Å². The summed E-state index contributed by atoms with van der Waals surface area (Å²) < 4.78 is 5.36. The number of carboxylic acid groups (broad SMARTS) is 1. The van der Waals surface area contributed by atoms with Crippen LogP contribution in [0, 0.1) is 0 Å². The van der Waals surface area contributed by atoms with Gasteiger partial charge in [-0.25, -0.2) is 4.79 Å². The van der Waals surface area contributed by atoms with E-state index in [1.807, 2.05) is 6.92 Å². The average Bonchev–Trinajstić information content (AvgIpc) is 2.25. The number of carboxylic acids is 1. The van der Waals surface area contributed by atoms with E-state index >= 15 is 0 Å². The van der Waals surface area contributed by atoms with Crippen molar-refractivity contribution in [3.63, 3.8) is 0 Å². The summed E-state index contributed by atoms with van der Waals surface area (Å²) in [5, 5.41) is 8.67. The molecule has 1 aromatic heterocycles. The molecule has 0 aliphatic carbocycles. The summed E-state index contributed by atoms with van der Waals surface area (Å²) in [6.07, 6.45) is 2.16. The molecule has 0 radical (unpaired) electrons. The molecule has 0 unspecified atom stereocenters. The zero-order valence-electron chi connectivity index (χ0n) is 9.27. The molecule has 0 saturated heterocycles. The van der Waals surface area contributed by atoms with Gasteiger partial charge >= 0.3 is 5.97 Å². The van der Waals surface area contributed by atoms with Crippen LogP contribution in [0.3, 0.4) is 0 Å². The second-order valence-electron chi connectivity index (χ2n) is 3.60. The van der Waals surface area contributed by atoms with Crippen molar-refractivity contribution in [2.24, 2.45) is 0 Å². The van der Waals surface area contributed by atoms with E-state index < -0.39 is 5.97 Å².